The molecule has 0 bridgehead atoms. The zero-order chi connectivity index (χ0) is 24.7. The maximum atomic E-state index is 14.3. The highest BCUT2D eigenvalue weighted by molar-refractivity contribution is 7.54. The highest BCUT2D eigenvalue weighted by Gasteiger charge is 2.53. The van der Waals surface area contributed by atoms with Crippen molar-refractivity contribution in [2.45, 2.75) is 31.1 Å². The highest BCUT2D eigenvalue weighted by atomic mass is 31.2. The van der Waals surface area contributed by atoms with E-state index in [9.17, 15) is 14.3 Å². The van der Waals surface area contributed by atoms with Crippen LogP contribution in [0.4, 0.5) is 0 Å². The van der Waals surface area contributed by atoms with Crippen molar-refractivity contribution in [3.63, 3.8) is 0 Å². The van der Waals surface area contributed by atoms with Crippen molar-refractivity contribution in [2.24, 2.45) is 0 Å². The van der Waals surface area contributed by atoms with Crippen LogP contribution in [0, 0.1) is 0 Å². The lowest BCUT2D eigenvalue weighted by molar-refractivity contribution is -0.137. The van der Waals surface area contributed by atoms with Crippen LogP contribution in [-0.2, 0) is 32.2 Å². The second-order valence-corrected chi connectivity index (χ2v) is 10.0. The summed E-state index contributed by atoms with van der Waals surface area (Å²) in [5.74, 6) is -0.881. The first-order chi connectivity index (χ1) is 16.9. The minimum atomic E-state index is -4.44. The van der Waals surface area contributed by atoms with E-state index in [2.05, 4.69) is 10.3 Å². The molecular weight excluding hydrogens is 465 g/mol. The molecule has 0 aliphatic heterocycles. The van der Waals surface area contributed by atoms with Gasteiger partial charge in [0.1, 0.15) is 17.5 Å². The van der Waals surface area contributed by atoms with Gasteiger partial charge in [-0.05, 0) is 23.1 Å². The Kier molecular flexibility index (Phi) is 7.56. The second-order valence-electron chi connectivity index (χ2n) is 8.07. The topological polar surface area (TPSA) is 115 Å². The van der Waals surface area contributed by atoms with Gasteiger partial charge in [-0.3, -0.25) is 14.0 Å². The number of hydrogen-bond acceptors (Lipinski definition) is 5. The summed E-state index contributed by atoms with van der Waals surface area (Å²) >= 11 is 0. The molecule has 0 spiro atoms. The molecule has 1 aromatic heterocycles. The van der Waals surface area contributed by atoms with Crippen LogP contribution in [-0.4, -0.2) is 31.0 Å². The Morgan fingerprint density at radius 3 is 1.83 bits per heavy atom. The lowest BCUT2D eigenvalue weighted by Gasteiger charge is -2.38. The number of carbonyl (C=O) groups is 1. The maximum absolute atomic E-state index is 14.3. The summed E-state index contributed by atoms with van der Waals surface area (Å²) < 4.78 is 21.6. The molecule has 1 heterocycles. The van der Waals surface area contributed by atoms with Gasteiger partial charge in [0, 0.05) is 13.0 Å². The number of aryl methyl sites for hydroxylation is 1. The third-order valence-corrected chi connectivity index (χ3v) is 7.85. The lowest BCUT2D eigenvalue weighted by atomic mass is 9.84. The summed E-state index contributed by atoms with van der Waals surface area (Å²) in [5.41, 5.74) is 2.25. The van der Waals surface area contributed by atoms with Gasteiger partial charge in [0.2, 0.25) is 0 Å². The van der Waals surface area contributed by atoms with Crippen molar-refractivity contribution in [3.8, 4) is 0 Å². The molecule has 1 atom stereocenters. The minimum Gasteiger partial charge on any atom is -0.481 e. The average molecular weight is 491 g/mol. The smallest absolute Gasteiger partial charge is 0.347 e. The van der Waals surface area contributed by atoms with E-state index in [1.807, 2.05) is 91.0 Å². The normalized spacial score (nSPS) is 13.3. The molecule has 8 nitrogen and oxygen atoms in total. The molecule has 0 fully saturated rings. The van der Waals surface area contributed by atoms with Crippen LogP contribution in [0.2, 0.25) is 0 Å². The van der Waals surface area contributed by atoms with Crippen molar-refractivity contribution < 1.29 is 23.9 Å². The van der Waals surface area contributed by atoms with E-state index in [0.29, 0.717) is 35.3 Å². The van der Waals surface area contributed by atoms with Crippen LogP contribution >= 0.6 is 7.60 Å². The Labute approximate surface area is 203 Å². The van der Waals surface area contributed by atoms with E-state index in [1.54, 1.807) is 6.20 Å². The van der Waals surface area contributed by atoms with Crippen molar-refractivity contribution >= 4 is 13.6 Å². The third kappa shape index (κ3) is 5.25. The van der Waals surface area contributed by atoms with Crippen LogP contribution in [0.15, 0.2) is 97.2 Å². The lowest BCUT2D eigenvalue weighted by Crippen LogP contribution is -2.30. The highest BCUT2D eigenvalue weighted by Crippen LogP contribution is 2.67. The van der Waals surface area contributed by atoms with Crippen molar-refractivity contribution in [2.75, 3.05) is 0 Å². The summed E-state index contributed by atoms with van der Waals surface area (Å²) in [6.07, 6.45) is 2.01. The Hall–Kier alpha value is -3.58. The standard InChI is InChI=1S/C26H26N3O5P/c30-25(31)17-10-18-29-19-24(27-28-29)20-34-35(32,33)26(21-11-4-1-5-12-21,22-13-6-2-7-14-22)23-15-8-3-9-16-23/h1-9,11-16,19H,10,17-18,20H2,(H,30,31)(H,32,33). The molecule has 3 aromatic carbocycles. The summed E-state index contributed by atoms with van der Waals surface area (Å²) in [6.45, 7) is 0.138. The van der Waals surface area contributed by atoms with Gasteiger partial charge in [-0.2, -0.15) is 0 Å². The first kappa shape index (κ1) is 24.5. The van der Waals surface area contributed by atoms with E-state index in [0.717, 1.165) is 0 Å². The molecule has 0 aliphatic rings. The number of hydrogen-bond donors (Lipinski definition) is 2. The molecule has 0 aliphatic carbocycles. The van der Waals surface area contributed by atoms with Gasteiger partial charge in [0.05, 0.1) is 6.20 Å². The zero-order valence-electron chi connectivity index (χ0n) is 19.0. The first-order valence-electron chi connectivity index (χ1n) is 11.2. The van der Waals surface area contributed by atoms with Crippen LogP contribution in [0.3, 0.4) is 0 Å². The summed E-state index contributed by atoms with van der Waals surface area (Å²) in [6, 6.07) is 27.5. The largest absolute Gasteiger partial charge is 0.481 e. The third-order valence-electron chi connectivity index (χ3n) is 5.75. The van der Waals surface area contributed by atoms with Crippen LogP contribution in [0.25, 0.3) is 0 Å². The Morgan fingerprint density at radius 1 is 0.886 bits per heavy atom. The van der Waals surface area contributed by atoms with E-state index < -0.39 is 18.7 Å². The fourth-order valence-corrected chi connectivity index (χ4v) is 6.11. The molecule has 2 N–H and O–H groups in total. The molecular formula is C26H26N3O5P. The predicted octanol–water partition coefficient (Wildman–Crippen LogP) is 4.84. The molecule has 4 aromatic rings. The van der Waals surface area contributed by atoms with E-state index in [1.165, 1.54) is 4.68 Å². The fraction of sp³-hybridized carbons (Fsp3) is 0.192. The van der Waals surface area contributed by atoms with E-state index in [-0.39, 0.29) is 13.0 Å². The molecule has 1 unspecified atom stereocenters. The van der Waals surface area contributed by atoms with Crippen LogP contribution < -0.4 is 0 Å². The van der Waals surface area contributed by atoms with Crippen molar-refractivity contribution in [1.29, 1.82) is 0 Å². The van der Waals surface area contributed by atoms with E-state index in [4.69, 9.17) is 9.63 Å². The zero-order valence-corrected chi connectivity index (χ0v) is 19.9. The summed E-state index contributed by atoms with van der Waals surface area (Å²) in [7, 11) is -4.44. The van der Waals surface area contributed by atoms with Gasteiger partial charge >= 0.3 is 13.6 Å². The summed E-state index contributed by atoms with van der Waals surface area (Å²) in [5, 5.41) is 15.3. The quantitative estimate of drug-likeness (QED) is 0.228. The minimum absolute atomic E-state index is 0.0191. The number of benzene rings is 3. The number of nitrogens with zero attached hydrogens (tertiary/aromatic N) is 3. The Balaban J connectivity index is 1.72. The van der Waals surface area contributed by atoms with Gasteiger partial charge in [-0.25, -0.2) is 0 Å². The van der Waals surface area contributed by atoms with Crippen LogP contribution in [0.1, 0.15) is 35.2 Å². The molecule has 180 valence electrons. The van der Waals surface area contributed by atoms with E-state index >= 15 is 0 Å². The van der Waals surface area contributed by atoms with Crippen LogP contribution in [0.5, 0.6) is 0 Å². The second kappa shape index (κ2) is 10.8. The molecule has 4 rings (SSSR count). The van der Waals surface area contributed by atoms with Gasteiger partial charge in [0.25, 0.3) is 0 Å². The van der Waals surface area contributed by atoms with Gasteiger partial charge in [-0.15, -0.1) is 5.10 Å². The predicted molar refractivity (Wildman–Crippen MR) is 131 cm³/mol. The SMILES string of the molecule is O=C(O)CCCn1cc(COP(=O)(O)C(c2ccccc2)(c2ccccc2)c2ccccc2)nn1. The summed E-state index contributed by atoms with van der Waals surface area (Å²) in [4.78, 5) is 22.4. The number of rotatable bonds is 11. The monoisotopic (exact) mass is 491 g/mol. The maximum Gasteiger partial charge on any atom is 0.347 e. The van der Waals surface area contributed by atoms with Gasteiger partial charge in [0.15, 0.2) is 0 Å². The Bertz CT molecular complexity index is 1200. The van der Waals surface area contributed by atoms with Crippen molar-refractivity contribution in [3.05, 3.63) is 120 Å². The molecule has 0 amide bonds. The molecule has 0 saturated carbocycles. The number of aliphatic carboxylic acids is 1. The van der Waals surface area contributed by atoms with Gasteiger partial charge in [-0.1, -0.05) is 96.2 Å². The van der Waals surface area contributed by atoms with Crippen molar-refractivity contribution in [1.82, 2.24) is 15.0 Å². The Morgan fingerprint density at radius 2 is 1.37 bits per heavy atom. The molecule has 0 saturated heterocycles. The number of carboxylic acid groups (broad SMARTS) is 1. The molecule has 35 heavy (non-hydrogen) atoms. The molecule has 0 radical (unpaired) electrons. The number of carboxylic acids is 1. The first-order valence-corrected chi connectivity index (χ1v) is 12.8. The average Bonchev–Trinajstić information content (AvgIpc) is 3.33. The fourth-order valence-electron chi connectivity index (χ4n) is 4.18. The number of aromatic nitrogens is 3. The molecule has 9 heteroatoms. The van der Waals surface area contributed by atoms with Gasteiger partial charge < -0.3 is 14.5 Å².